The summed E-state index contributed by atoms with van der Waals surface area (Å²) >= 11 is 6.40. The van der Waals surface area contributed by atoms with Crippen LogP contribution in [-0.4, -0.2) is 5.91 Å². The quantitative estimate of drug-likeness (QED) is 0.541. The average Bonchev–Trinajstić information content (AvgIpc) is 2.70. The highest BCUT2D eigenvalue weighted by Crippen LogP contribution is 2.32. The van der Waals surface area contributed by atoms with Crippen molar-refractivity contribution in [1.29, 1.82) is 0 Å². The van der Waals surface area contributed by atoms with Gasteiger partial charge >= 0.3 is 0 Å². The van der Waals surface area contributed by atoms with E-state index in [1.807, 2.05) is 72.8 Å². The van der Waals surface area contributed by atoms with Gasteiger partial charge in [-0.1, -0.05) is 92.2 Å². The Morgan fingerprint density at radius 1 is 0.852 bits per heavy atom. The van der Waals surface area contributed by atoms with Crippen LogP contribution in [-0.2, 0) is 17.6 Å². The van der Waals surface area contributed by atoms with Crippen LogP contribution in [0.2, 0.25) is 5.02 Å². The van der Waals surface area contributed by atoms with Gasteiger partial charge in [0.1, 0.15) is 0 Å². The number of benzene rings is 3. The summed E-state index contributed by atoms with van der Waals surface area (Å²) in [4.78, 5) is 13.4. The number of anilines is 1. The van der Waals surface area contributed by atoms with Gasteiger partial charge in [-0.05, 0) is 41.2 Å². The molecule has 1 N–H and O–H groups in total. The van der Waals surface area contributed by atoms with Gasteiger partial charge in [0.05, 0.1) is 5.92 Å². The predicted octanol–water partition coefficient (Wildman–Crippen LogP) is 6.24. The van der Waals surface area contributed by atoms with Crippen molar-refractivity contribution in [3.63, 3.8) is 0 Å². The second-order valence-corrected chi connectivity index (χ2v) is 6.92. The molecular weight excluding hydrogens is 354 g/mol. The first kappa shape index (κ1) is 19.2. The van der Waals surface area contributed by atoms with Crippen LogP contribution in [0.1, 0.15) is 42.0 Å². The fourth-order valence-electron chi connectivity index (χ4n) is 3.45. The minimum absolute atomic E-state index is 0.0425. The molecule has 0 radical (unpaired) electrons. The summed E-state index contributed by atoms with van der Waals surface area (Å²) in [6, 6.07) is 23.7. The molecule has 1 amide bonds. The van der Waals surface area contributed by atoms with Crippen LogP contribution in [0.15, 0.2) is 72.8 Å². The number of carbonyl (C=O) groups is 1. The Balaban J connectivity index is 2.03. The van der Waals surface area contributed by atoms with Gasteiger partial charge in [-0.2, -0.15) is 0 Å². The van der Waals surface area contributed by atoms with Gasteiger partial charge in [0.25, 0.3) is 0 Å². The number of halogens is 1. The number of aryl methyl sites for hydroxylation is 1. The van der Waals surface area contributed by atoms with Crippen LogP contribution in [0.3, 0.4) is 0 Å². The lowest BCUT2D eigenvalue weighted by molar-refractivity contribution is -0.116. The molecule has 0 aliphatic rings. The number of hydrogen-bond donors (Lipinski definition) is 1. The van der Waals surface area contributed by atoms with Crippen LogP contribution in [0, 0.1) is 0 Å². The Morgan fingerprint density at radius 2 is 1.41 bits per heavy atom. The zero-order valence-corrected chi connectivity index (χ0v) is 16.5. The van der Waals surface area contributed by atoms with E-state index in [2.05, 4.69) is 19.2 Å². The fraction of sp³-hybridized carbons (Fsp3) is 0.208. The fourth-order valence-corrected chi connectivity index (χ4v) is 3.74. The molecule has 27 heavy (non-hydrogen) atoms. The maximum atomic E-state index is 13.4. The van der Waals surface area contributed by atoms with E-state index in [1.54, 1.807) is 0 Å². The van der Waals surface area contributed by atoms with Crippen LogP contribution in [0.25, 0.3) is 0 Å². The third kappa shape index (κ3) is 4.23. The van der Waals surface area contributed by atoms with Crippen molar-refractivity contribution in [3.05, 3.63) is 100 Å². The van der Waals surface area contributed by atoms with Crippen molar-refractivity contribution in [2.75, 3.05) is 5.32 Å². The second-order valence-electron chi connectivity index (χ2n) is 6.51. The Hall–Kier alpha value is -2.58. The molecule has 2 nitrogen and oxygen atoms in total. The summed E-state index contributed by atoms with van der Waals surface area (Å²) in [6.07, 6.45) is 1.60. The topological polar surface area (TPSA) is 29.1 Å². The minimum atomic E-state index is -0.374. The Bertz CT molecular complexity index is 867. The number of rotatable bonds is 6. The van der Waals surface area contributed by atoms with Crippen LogP contribution < -0.4 is 5.32 Å². The van der Waals surface area contributed by atoms with Crippen molar-refractivity contribution in [2.24, 2.45) is 0 Å². The number of nitrogens with one attached hydrogen (secondary N) is 1. The molecule has 0 aliphatic heterocycles. The molecule has 0 fully saturated rings. The monoisotopic (exact) mass is 377 g/mol. The summed E-state index contributed by atoms with van der Waals surface area (Å²) in [7, 11) is 0. The van der Waals surface area contributed by atoms with Crippen LogP contribution in [0.5, 0.6) is 0 Å². The maximum Gasteiger partial charge on any atom is 0.236 e. The zero-order valence-electron chi connectivity index (χ0n) is 15.7. The summed E-state index contributed by atoms with van der Waals surface area (Å²) in [5, 5.41) is 3.89. The molecule has 3 heteroatoms. The van der Waals surface area contributed by atoms with Crippen molar-refractivity contribution in [3.8, 4) is 0 Å². The third-order valence-corrected chi connectivity index (χ3v) is 5.21. The molecule has 3 rings (SSSR count). The first-order valence-electron chi connectivity index (χ1n) is 9.36. The Kier molecular flexibility index (Phi) is 6.31. The van der Waals surface area contributed by atoms with Gasteiger partial charge in [0, 0.05) is 10.7 Å². The summed E-state index contributed by atoms with van der Waals surface area (Å²) < 4.78 is 0. The molecule has 3 aromatic rings. The maximum absolute atomic E-state index is 13.4. The second kappa shape index (κ2) is 8.88. The van der Waals surface area contributed by atoms with E-state index in [4.69, 9.17) is 11.6 Å². The molecule has 0 aliphatic carbocycles. The minimum Gasteiger partial charge on any atom is -0.325 e. The van der Waals surface area contributed by atoms with E-state index >= 15 is 0 Å². The standard InChI is InChI=1S/C24H24ClNO/c1-3-17-15-16-21(25)20(4-2)23(17)26-24(27)22(18-11-7-5-8-12-18)19-13-9-6-10-14-19/h5-16,22H,3-4H2,1-2H3,(H,26,27). The summed E-state index contributed by atoms with van der Waals surface area (Å²) in [6.45, 7) is 4.15. The van der Waals surface area contributed by atoms with Crippen molar-refractivity contribution >= 4 is 23.2 Å². The lowest BCUT2D eigenvalue weighted by atomic mass is 9.90. The van der Waals surface area contributed by atoms with E-state index in [1.165, 1.54) is 0 Å². The first-order chi connectivity index (χ1) is 13.2. The number of amides is 1. The largest absolute Gasteiger partial charge is 0.325 e. The molecule has 0 saturated heterocycles. The molecule has 0 aromatic heterocycles. The highest BCUT2D eigenvalue weighted by atomic mass is 35.5. The highest BCUT2D eigenvalue weighted by Gasteiger charge is 2.24. The van der Waals surface area contributed by atoms with E-state index in [0.717, 1.165) is 40.8 Å². The Labute approximate surface area is 166 Å². The first-order valence-corrected chi connectivity index (χ1v) is 9.74. The van der Waals surface area contributed by atoms with Gasteiger partial charge < -0.3 is 5.32 Å². The molecule has 0 saturated carbocycles. The van der Waals surface area contributed by atoms with Crippen LogP contribution >= 0.6 is 11.6 Å². The van der Waals surface area contributed by atoms with Gasteiger partial charge in [0.15, 0.2) is 0 Å². The van der Waals surface area contributed by atoms with Crippen molar-refractivity contribution in [2.45, 2.75) is 32.6 Å². The third-order valence-electron chi connectivity index (χ3n) is 4.85. The van der Waals surface area contributed by atoms with Gasteiger partial charge in [-0.15, -0.1) is 0 Å². The van der Waals surface area contributed by atoms with E-state index in [-0.39, 0.29) is 11.8 Å². The van der Waals surface area contributed by atoms with E-state index in [0.29, 0.717) is 5.02 Å². The number of hydrogen-bond acceptors (Lipinski definition) is 1. The molecule has 0 bridgehead atoms. The highest BCUT2D eigenvalue weighted by molar-refractivity contribution is 6.32. The number of carbonyl (C=O) groups excluding carboxylic acids is 1. The van der Waals surface area contributed by atoms with Gasteiger partial charge in [-0.3, -0.25) is 4.79 Å². The van der Waals surface area contributed by atoms with E-state index < -0.39 is 0 Å². The average molecular weight is 378 g/mol. The predicted molar refractivity (Wildman–Crippen MR) is 114 cm³/mol. The Morgan fingerprint density at radius 3 is 1.89 bits per heavy atom. The molecule has 0 heterocycles. The van der Waals surface area contributed by atoms with Crippen LogP contribution in [0.4, 0.5) is 5.69 Å². The molecule has 0 spiro atoms. The molecule has 138 valence electrons. The molecule has 0 atom stereocenters. The van der Waals surface area contributed by atoms with Gasteiger partial charge in [0.2, 0.25) is 5.91 Å². The normalized spacial score (nSPS) is 10.8. The summed E-state index contributed by atoms with van der Waals surface area (Å²) in [5.74, 6) is -0.417. The lowest BCUT2D eigenvalue weighted by Crippen LogP contribution is -2.23. The molecule has 3 aromatic carbocycles. The van der Waals surface area contributed by atoms with Crippen molar-refractivity contribution in [1.82, 2.24) is 0 Å². The summed E-state index contributed by atoms with van der Waals surface area (Å²) in [5.41, 5.74) is 4.89. The zero-order chi connectivity index (χ0) is 19.2. The smallest absolute Gasteiger partial charge is 0.236 e. The molecule has 0 unspecified atom stereocenters. The van der Waals surface area contributed by atoms with Crippen molar-refractivity contribution < 1.29 is 4.79 Å². The van der Waals surface area contributed by atoms with E-state index in [9.17, 15) is 4.79 Å². The lowest BCUT2D eigenvalue weighted by Gasteiger charge is -2.21. The SMILES string of the molecule is CCc1ccc(Cl)c(CC)c1NC(=O)C(c1ccccc1)c1ccccc1. The van der Waals surface area contributed by atoms with Gasteiger partial charge in [-0.25, -0.2) is 0 Å². The molecular formula is C24H24ClNO.